The van der Waals surface area contributed by atoms with Gasteiger partial charge in [0.05, 0.1) is 6.61 Å². The van der Waals surface area contributed by atoms with Crippen molar-refractivity contribution in [1.29, 1.82) is 0 Å². The van der Waals surface area contributed by atoms with Gasteiger partial charge in [-0.3, -0.25) is 0 Å². The summed E-state index contributed by atoms with van der Waals surface area (Å²) >= 11 is 0. The summed E-state index contributed by atoms with van der Waals surface area (Å²) in [7, 11) is 0.809. The zero-order valence-corrected chi connectivity index (χ0v) is 4.61. The van der Waals surface area contributed by atoms with Crippen LogP contribution in [0.25, 0.3) is 0 Å². The van der Waals surface area contributed by atoms with Crippen LogP contribution in [0, 0.1) is 0 Å². The Bertz CT molecular complexity index is 22.4. The highest BCUT2D eigenvalue weighted by atomic mass is 31.1. The van der Waals surface area contributed by atoms with E-state index in [4.69, 9.17) is 4.52 Å². The van der Waals surface area contributed by atoms with Crippen molar-refractivity contribution in [3.63, 3.8) is 0 Å². The molecule has 0 saturated carbocycles. The van der Waals surface area contributed by atoms with Crippen LogP contribution in [0.3, 0.4) is 0 Å². The number of rotatable bonds is 0. The summed E-state index contributed by atoms with van der Waals surface area (Å²) in [6, 6.07) is 0. The zero-order valence-electron chi connectivity index (χ0n) is 3.61. The second-order valence-electron chi connectivity index (χ2n) is 1.10. The van der Waals surface area contributed by atoms with E-state index in [9.17, 15) is 0 Å². The second-order valence-corrected chi connectivity index (χ2v) is 2.17. The van der Waals surface area contributed by atoms with Gasteiger partial charge in [-0.05, 0) is 12.6 Å². The van der Waals surface area contributed by atoms with Crippen LogP contribution in [0.4, 0.5) is 0 Å². The van der Waals surface area contributed by atoms with Crippen molar-refractivity contribution in [3.05, 3.63) is 0 Å². The molecule has 3 heteroatoms. The molecule has 1 rings (SSSR count). The Morgan fingerprint density at radius 2 is 2.33 bits per heavy atom. The molecular weight excluding hydrogens is 93.8 g/mol. The molecule has 6 heavy (non-hydrogen) atoms. The Morgan fingerprint density at radius 3 is 2.50 bits per heavy atom. The van der Waals surface area contributed by atoms with Gasteiger partial charge in [-0.25, -0.2) is 0 Å². The first-order valence-corrected chi connectivity index (χ1v) is 2.96. The lowest BCUT2D eigenvalue weighted by atomic mass is 10.5. The van der Waals surface area contributed by atoms with Gasteiger partial charge < -0.3 is 4.52 Å². The lowest BCUT2D eigenvalue weighted by Crippen LogP contribution is -1.69. The van der Waals surface area contributed by atoms with Gasteiger partial charge in [0.2, 0.25) is 0 Å². The summed E-state index contributed by atoms with van der Waals surface area (Å²) in [4.78, 5) is 0. The zero-order chi connectivity index (χ0) is 3.54. The SMILES string of the molecule is C1COPC1.[B]. The molecule has 0 amide bonds. The van der Waals surface area contributed by atoms with E-state index in [2.05, 4.69) is 0 Å². The third-order valence-corrected chi connectivity index (χ3v) is 1.59. The highest BCUT2D eigenvalue weighted by Gasteiger charge is 1.95. The van der Waals surface area contributed by atoms with Gasteiger partial charge in [-0.15, -0.1) is 0 Å². The smallest absolute Gasteiger partial charge is 0.0509 e. The Hall–Kier alpha value is 0.455. The van der Waals surface area contributed by atoms with E-state index < -0.39 is 0 Å². The summed E-state index contributed by atoms with van der Waals surface area (Å²) in [6.07, 6.45) is 2.60. The predicted octanol–water partition coefficient (Wildman–Crippen LogP) is 0.619. The van der Waals surface area contributed by atoms with Crippen LogP contribution in [0.1, 0.15) is 6.42 Å². The van der Waals surface area contributed by atoms with Crippen LogP contribution in [-0.4, -0.2) is 21.2 Å². The molecule has 1 saturated heterocycles. The van der Waals surface area contributed by atoms with Gasteiger partial charge in [-0.1, -0.05) is 0 Å². The molecule has 1 aliphatic heterocycles. The van der Waals surface area contributed by atoms with Crippen LogP contribution in [0.5, 0.6) is 0 Å². The first-order valence-electron chi connectivity index (χ1n) is 1.85. The molecule has 1 atom stereocenters. The van der Waals surface area contributed by atoms with Crippen LogP contribution in [0.15, 0.2) is 0 Å². The lowest BCUT2D eigenvalue weighted by Gasteiger charge is -1.76. The minimum absolute atomic E-state index is 0. The van der Waals surface area contributed by atoms with E-state index in [0.717, 1.165) is 15.4 Å². The molecule has 0 aromatic heterocycles. The molecule has 1 fully saturated rings. The molecule has 1 unspecified atom stereocenters. The molecule has 0 aromatic carbocycles. The second kappa shape index (κ2) is 3.64. The van der Waals surface area contributed by atoms with Crippen LogP contribution >= 0.6 is 8.81 Å². The fourth-order valence-electron chi connectivity index (χ4n) is 0.361. The summed E-state index contributed by atoms with van der Waals surface area (Å²) in [5, 5.41) is 0. The fourth-order valence-corrected chi connectivity index (χ4v) is 1.08. The molecule has 1 nitrogen and oxygen atoms in total. The van der Waals surface area contributed by atoms with E-state index in [1.165, 1.54) is 12.6 Å². The predicted molar refractivity (Wildman–Crippen MR) is 29.5 cm³/mol. The first-order chi connectivity index (χ1) is 2.50. The summed E-state index contributed by atoms with van der Waals surface area (Å²) in [5.74, 6) is 0. The fraction of sp³-hybridized carbons (Fsp3) is 1.00. The molecule has 1 heterocycles. The minimum Gasteiger partial charge on any atom is -0.362 e. The maximum atomic E-state index is 4.97. The van der Waals surface area contributed by atoms with Gasteiger partial charge >= 0.3 is 0 Å². The summed E-state index contributed by atoms with van der Waals surface area (Å²) in [6.45, 7) is 1.01. The Morgan fingerprint density at radius 1 is 1.50 bits per heavy atom. The minimum atomic E-state index is 0. The Kier molecular flexibility index (Phi) is 3.91. The van der Waals surface area contributed by atoms with Gasteiger partial charge in [0.25, 0.3) is 0 Å². The maximum absolute atomic E-state index is 4.97. The van der Waals surface area contributed by atoms with E-state index in [1.807, 2.05) is 0 Å². The van der Waals surface area contributed by atoms with E-state index in [-0.39, 0.29) is 8.41 Å². The third kappa shape index (κ3) is 1.79. The lowest BCUT2D eigenvalue weighted by molar-refractivity contribution is 0.395. The van der Waals surface area contributed by atoms with Gasteiger partial charge in [0.1, 0.15) is 0 Å². The largest absolute Gasteiger partial charge is 0.362 e. The molecule has 0 spiro atoms. The van der Waals surface area contributed by atoms with E-state index in [0.29, 0.717) is 0 Å². The van der Waals surface area contributed by atoms with Crippen molar-refractivity contribution in [1.82, 2.24) is 0 Å². The van der Waals surface area contributed by atoms with Crippen molar-refractivity contribution >= 4 is 17.2 Å². The third-order valence-electron chi connectivity index (χ3n) is 0.627. The van der Waals surface area contributed by atoms with Crippen molar-refractivity contribution in [3.8, 4) is 0 Å². The average Bonchev–Trinajstić information content (AvgIpc) is 1.76. The quantitative estimate of drug-likeness (QED) is 0.321. The molecule has 0 aromatic rings. The topological polar surface area (TPSA) is 9.23 Å². The Balaban J connectivity index is 0.000000250. The summed E-state index contributed by atoms with van der Waals surface area (Å²) in [5.41, 5.74) is 0. The molecule has 0 bridgehead atoms. The van der Waals surface area contributed by atoms with Crippen molar-refractivity contribution in [2.24, 2.45) is 0 Å². The first kappa shape index (κ1) is 6.45. The van der Waals surface area contributed by atoms with Gasteiger partial charge in [0, 0.05) is 17.2 Å². The van der Waals surface area contributed by atoms with Gasteiger partial charge in [0.15, 0.2) is 0 Å². The summed E-state index contributed by atoms with van der Waals surface area (Å²) < 4.78 is 4.97. The van der Waals surface area contributed by atoms with Crippen LogP contribution in [-0.2, 0) is 4.52 Å². The monoisotopic (exact) mass is 101 g/mol. The molecular formula is C3H7BOP. The van der Waals surface area contributed by atoms with Crippen LogP contribution in [0.2, 0.25) is 0 Å². The number of hydrogen-bond acceptors (Lipinski definition) is 1. The van der Waals surface area contributed by atoms with Gasteiger partial charge in [-0.2, -0.15) is 0 Å². The van der Waals surface area contributed by atoms with E-state index >= 15 is 0 Å². The highest BCUT2D eigenvalue weighted by Crippen LogP contribution is 2.19. The van der Waals surface area contributed by atoms with Crippen molar-refractivity contribution in [2.45, 2.75) is 6.42 Å². The highest BCUT2D eigenvalue weighted by molar-refractivity contribution is 7.32. The standard InChI is InChI=1S/C3H7OP.B/c1-2-4-5-3-1;/h5H,1-3H2;. The maximum Gasteiger partial charge on any atom is 0.0509 e. The van der Waals surface area contributed by atoms with Crippen molar-refractivity contribution < 1.29 is 4.52 Å². The average molecular weight is 101 g/mol. The molecule has 0 N–H and O–H groups in total. The molecule has 0 aliphatic carbocycles. The van der Waals surface area contributed by atoms with E-state index in [1.54, 1.807) is 0 Å². The molecule has 33 valence electrons. The van der Waals surface area contributed by atoms with Crippen LogP contribution < -0.4 is 0 Å². The van der Waals surface area contributed by atoms with Crippen molar-refractivity contribution in [2.75, 3.05) is 12.8 Å². The Labute approximate surface area is 41.9 Å². The normalized spacial score (nSPS) is 24.0. The molecule has 3 radical (unpaired) electrons. The molecule has 1 aliphatic rings. The number of hydrogen-bond donors (Lipinski definition) is 0.